The van der Waals surface area contributed by atoms with Crippen LogP contribution >= 0.6 is 0 Å². The Labute approximate surface area is 147 Å². The van der Waals surface area contributed by atoms with Crippen molar-refractivity contribution in [2.24, 2.45) is 0 Å². The summed E-state index contributed by atoms with van der Waals surface area (Å²) < 4.78 is 80.1. The number of aromatic nitrogens is 3. The molecule has 0 bridgehead atoms. The van der Waals surface area contributed by atoms with Crippen LogP contribution in [0.4, 0.5) is 26.3 Å². The second-order valence-electron chi connectivity index (χ2n) is 5.86. The Morgan fingerprint density at radius 1 is 0.778 bits per heavy atom. The molecule has 0 amide bonds. The van der Waals surface area contributed by atoms with Gasteiger partial charge in [-0.25, -0.2) is 9.67 Å². The van der Waals surface area contributed by atoms with Crippen LogP contribution < -0.4 is 0 Å². The Balaban J connectivity index is 2.06. The van der Waals surface area contributed by atoms with Gasteiger partial charge in [-0.3, -0.25) is 0 Å². The van der Waals surface area contributed by atoms with Gasteiger partial charge in [-0.15, -0.1) is 0 Å². The zero-order chi connectivity index (χ0) is 19.4. The smallest absolute Gasteiger partial charge is 0.228 e. The number of pyridine rings is 1. The van der Waals surface area contributed by atoms with E-state index in [0.29, 0.717) is 5.69 Å². The highest BCUT2D eigenvalue weighted by molar-refractivity contribution is 5.93. The van der Waals surface area contributed by atoms with Crippen LogP contribution in [0.3, 0.4) is 0 Å². The zero-order valence-corrected chi connectivity index (χ0v) is 13.3. The topological polar surface area (TPSA) is 30.7 Å². The molecule has 0 saturated heterocycles. The van der Waals surface area contributed by atoms with Crippen molar-refractivity contribution in [3.05, 3.63) is 65.9 Å². The molecule has 0 aliphatic heterocycles. The lowest BCUT2D eigenvalue weighted by atomic mass is 10.1. The van der Waals surface area contributed by atoms with E-state index in [4.69, 9.17) is 0 Å². The lowest BCUT2D eigenvalue weighted by molar-refractivity contribution is -0.140. The van der Waals surface area contributed by atoms with E-state index in [0.717, 1.165) is 28.9 Å². The number of hydrogen-bond donors (Lipinski definition) is 0. The summed E-state index contributed by atoms with van der Waals surface area (Å²) in [7, 11) is 0. The molecule has 0 aliphatic rings. The zero-order valence-electron chi connectivity index (χ0n) is 13.3. The fraction of sp³-hybridized carbons (Fsp3) is 0.111. The number of rotatable bonds is 1. The van der Waals surface area contributed by atoms with E-state index in [-0.39, 0.29) is 21.9 Å². The maximum Gasteiger partial charge on any atom is 0.435 e. The van der Waals surface area contributed by atoms with Crippen molar-refractivity contribution in [3.63, 3.8) is 0 Å². The predicted molar refractivity (Wildman–Crippen MR) is 86.4 cm³/mol. The molecule has 0 aliphatic carbocycles. The number of fused-ring (bicyclic) bond motifs is 2. The molecule has 2 heterocycles. The largest absolute Gasteiger partial charge is 0.435 e. The van der Waals surface area contributed by atoms with Crippen LogP contribution in [0.2, 0.25) is 0 Å². The van der Waals surface area contributed by atoms with Gasteiger partial charge in [0, 0.05) is 5.39 Å². The van der Waals surface area contributed by atoms with Gasteiger partial charge in [0.15, 0.2) is 11.3 Å². The van der Waals surface area contributed by atoms with Crippen molar-refractivity contribution < 1.29 is 26.3 Å². The molecule has 0 fully saturated rings. The van der Waals surface area contributed by atoms with Crippen molar-refractivity contribution in [1.29, 1.82) is 0 Å². The Bertz CT molecular complexity index is 1140. The van der Waals surface area contributed by atoms with Crippen LogP contribution in [0, 0.1) is 0 Å². The van der Waals surface area contributed by atoms with E-state index < -0.39 is 23.6 Å². The molecule has 4 rings (SSSR count). The summed E-state index contributed by atoms with van der Waals surface area (Å²) in [5.41, 5.74) is -1.74. The molecule has 2 aromatic carbocycles. The molecule has 138 valence electrons. The van der Waals surface area contributed by atoms with Crippen LogP contribution in [-0.4, -0.2) is 14.8 Å². The van der Waals surface area contributed by atoms with Gasteiger partial charge >= 0.3 is 12.4 Å². The summed E-state index contributed by atoms with van der Waals surface area (Å²) in [5.74, 6) is 0. The van der Waals surface area contributed by atoms with E-state index in [1.165, 1.54) is 0 Å². The van der Waals surface area contributed by atoms with Crippen molar-refractivity contribution in [3.8, 4) is 5.69 Å². The molecule has 27 heavy (non-hydrogen) atoms. The van der Waals surface area contributed by atoms with Crippen molar-refractivity contribution in [2.75, 3.05) is 0 Å². The number of halogens is 6. The Hall–Kier alpha value is -3.10. The van der Waals surface area contributed by atoms with Crippen LogP contribution in [0.15, 0.2) is 54.6 Å². The molecule has 0 atom stereocenters. The van der Waals surface area contributed by atoms with Gasteiger partial charge in [-0.1, -0.05) is 18.2 Å². The standard InChI is InChI=1S/C18H9F6N3/c19-17(20,21)11-6-7-14-10(8-11)9-13-15(18(22,23)24)26-27(16(13)25-14)12-4-2-1-3-5-12/h1-9H. The third-order valence-corrected chi connectivity index (χ3v) is 4.05. The minimum atomic E-state index is -4.78. The monoisotopic (exact) mass is 381 g/mol. The first-order chi connectivity index (χ1) is 12.6. The van der Waals surface area contributed by atoms with Gasteiger partial charge in [0.2, 0.25) is 0 Å². The number of hydrogen-bond acceptors (Lipinski definition) is 2. The summed E-state index contributed by atoms with van der Waals surface area (Å²) in [6, 6.07) is 11.9. The molecule has 2 aromatic heterocycles. The average Bonchev–Trinajstić information content (AvgIpc) is 2.98. The van der Waals surface area contributed by atoms with E-state index >= 15 is 0 Å². The first-order valence-electron chi connectivity index (χ1n) is 7.68. The average molecular weight is 381 g/mol. The first-order valence-corrected chi connectivity index (χ1v) is 7.68. The second kappa shape index (κ2) is 5.70. The summed E-state index contributed by atoms with van der Waals surface area (Å²) in [6.07, 6.45) is -9.39. The molecular formula is C18H9F6N3. The van der Waals surface area contributed by atoms with Crippen LogP contribution in [-0.2, 0) is 12.4 Å². The quantitative estimate of drug-likeness (QED) is 0.401. The summed E-state index contributed by atoms with van der Waals surface area (Å²) in [4.78, 5) is 4.14. The maximum absolute atomic E-state index is 13.4. The summed E-state index contributed by atoms with van der Waals surface area (Å²) in [6.45, 7) is 0. The molecular weight excluding hydrogens is 372 g/mol. The minimum Gasteiger partial charge on any atom is -0.228 e. The molecule has 4 aromatic rings. The fourth-order valence-corrected chi connectivity index (χ4v) is 2.84. The first kappa shape index (κ1) is 17.3. The highest BCUT2D eigenvalue weighted by Crippen LogP contribution is 2.37. The molecule has 3 nitrogen and oxygen atoms in total. The fourth-order valence-electron chi connectivity index (χ4n) is 2.84. The number of benzene rings is 2. The highest BCUT2D eigenvalue weighted by Gasteiger charge is 2.38. The normalized spacial score (nSPS) is 12.8. The third kappa shape index (κ3) is 2.98. The number of nitrogens with zero attached hydrogens (tertiary/aromatic N) is 3. The predicted octanol–water partition coefficient (Wildman–Crippen LogP) is 5.61. The van der Waals surface area contributed by atoms with Gasteiger partial charge in [0.25, 0.3) is 0 Å². The van der Waals surface area contributed by atoms with Crippen molar-refractivity contribution in [1.82, 2.24) is 14.8 Å². The molecule has 0 N–H and O–H groups in total. The van der Waals surface area contributed by atoms with E-state index in [1.807, 2.05) is 0 Å². The minimum absolute atomic E-state index is 0.0459. The van der Waals surface area contributed by atoms with E-state index in [1.54, 1.807) is 30.3 Å². The van der Waals surface area contributed by atoms with Gasteiger partial charge in [-0.05, 0) is 36.4 Å². The Morgan fingerprint density at radius 3 is 2.11 bits per heavy atom. The number of para-hydroxylation sites is 1. The Morgan fingerprint density at radius 2 is 1.48 bits per heavy atom. The van der Waals surface area contributed by atoms with E-state index in [2.05, 4.69) is 10.1 Å². The van der Waals surface area contributed by atoms with Crippen molar-refractivity contribution in [2.45, 2.75) is 12.4 Å². The van der Waals surface area contributed by atoms with Crippen LogP contribution in [0.25, 0.3) is 27.6 Å². The maximum atomic E-state index is 13.4. The lowest BCUT2D eigenvalue weighted by Crippen LogP contribution is -2.07. The van der Waals surface area contributed by atoms with Crippen molar-refractivity contribution >= 4 is 21.9 Å². The molecule has 0 radical (unpaired) electrons. The van der Waals surface area contributed by atoms with E-state index in [9.17, 15) is 26.3 Å². The highest BCUT2D eigenvalue weighted by atomic mass is 19.4. The van der Waals surface area contributed by atoms with Gasteiger partial charge < -0.3 is 0 Å². The lowest BCUT2D eigenvalue weighted by Gasteiger charge is -2.08. The number of alkyl halides is 6. The molecule has 0 spiro atoms. The Kier molecular flexibility index (Phi) is 3.66. The summed E-state index contributed by atoms with van der Waals surface area (Å²) in [5, 5.41) is 3.22. The van der Waals surface area contributed by atoms with Crippen LogP contribution in [0.5, 0.6) is 0 Å². The van der Waals surface area contributed by atoms with Gasteiger partial charge in [0.1, 0.15) is 0 Å². The SMILES string of the molecule is FC(F)(F)c1ccc2nc3c(cc2c1)c(C(F)(F)F)nn3-c1ccccc1. The molecule has 9 heteroatoms. The van der Waals surface area contributed by atoms with Crippen LogP contribution in [0.1, 0.15) is 11.3 Å². The molecule has 0 saturated carbocycles. The molecule has 0 unspecified atom stereocenters. The van der Waals surface area contributed by atoms with Gasteiger partial charge in [-0.2, -0.15) is 31.4 Å². The van der Waals surface area contributed by atoms with Gasteiger partial charge in [0.05, 0.1) is 22.2 Å². The second-order valence-corrected chi connectivity index (χ2v) is 5.86. The summed E-state index contributed by atoms with van der Waals surface area (Å²) >= 11 is 0. The third-order valence-electron chi connectivity index (χ3n) is 4.05.